The van der Waals surface area contributed by atoms with Gasteiger partial charge in [0.25, 0.3) is 0 Å². The van der Waals surface area contributed by atoms with Gasteiger partial charge in [-0.15, -0.1) is 10.2 Å². The number of benzene rings is 1. The number of rotatable bonds is 6. The molecule has 2 aromatic heterocycles. The minimum Gasteiger partial charge on any atom is -0.394 e. The molecule has 1 atom stereocenters. The van der Waals surface area contributed by atoms with E-state index in [9.17, 15) is 5.11 Å². The van der Waals surface area contributed by atoms with E-state index in [1.807, 2.05) is 18.2 Å². The highest BCUT2D eigenvalue weighted by Crippen LogP contribution is 2.40. The van der Waals surface area contributed by atoms with E-state index in [1.54, 1.807) is 10.8 Å². The number of hydrogen-bond donors (Lipinski definition) is 2. The molecule has 118 valence electrons. The van der Waals surface area contributed by atoms with E-state index in [-0.39, 0.29) is 12.6 Å². The molecule has 2 heterocycles. The molecule has 2 N–H and O–H groups in total. The zero-order valence-corrected chi connectivity index (χ0v) is 12.8. The monoisotopic (exact) mass is 309 g/mol. The fraction of sp³-hybridized carbons (Fsp3) is 0.353. The molecule has 1 aliphatic rings. The smallest absolute Gasteiger partial charge is 0.200 e. The van der Waals surface area contributed by atoms with Gasteiger partial charge in [0.2, 0.25) is 5.65 Å². The summed E-state index contributed by atoms with van der Waals surface area (Å²) >= 11 is 0. The second-order valence-corrected chi connectivity index (χ2v) is 6.07. The average molecular weight is 309 g/mol. The molecule has 0 unspecified atom stereocenters. The molecule has 3 aromatic rings. The van der Waals surface area contributed by atoms with E-state index in [1.165, 1.54) is 18.4 Å². The maximum Gasteiger partial charge on any atom is 0.200 e. The van der Waals surface area contributed by atoms with Crippen molar-refractivity contribution < 1.29 is 5.11 Å². The molecule has 0 saturated heterocycles. The van der Waals surface area contributed by atoms with Gasteiger partial charge in [0, 0.05) is 5.92 Å². The molecule has 1 aliphatic carbocycles. The molecule has 6 nitrogen and oxygen atoms in total. The molecule has 1 fully saturated rings. The standard InChI is InChI=1S/C17H19N5O/c23-10-14(8-12-4-2-1-3-5-12)19-16-9-15(13-6-7-13)21-22-11-18-20-17(16)22/h1-5,9,11,13-14,19,23H,6-8,10H2/t14-/m0/s1. The first-order valence-electron chi connectivity index (χ1n) is 7.96. The van der Waals surface area contributed by atoms with Gasteiger partial charge in [-0.2, -0.15) is 9.61 Å². The third-order valence-electron chi connectivity index (χ3n) is 4.19. The van der Waals surface area contributed by atoms with Gasteiger partial charge < -0.3 is 10.4 Å². The van der Waals surface area contributed by atoms with Crippen molar-refractivity contribution in [3.63, 3.8) is 0 Å². The van der Waals surface area contributed by atoms with E-state index in [0.717, 1.165) is 17.8 Å². The summed E-state index contributed by atoms with van der Waals surface area (Å²) in [4.78, 5) is 0. The van der Waals surface area contributed by atoms with Crippen LogP contribution in [0.2, 0.25) is 0 Å². The van der Waals surface area contributed by atoms with Crippen molar-refractivity contribution in [3.05, 3.63) is 54.0 Å². The van der Waals surface area contributed by atoms with E-state index in [4.69, 9.17) is 0 Å². The topological polar surface area (TPSA) is 75.3 Å². The Hall–Kier alpha value is -2.47. The molecule has 6 heteroatoms. The number of aromatic nitrogens is 4. The number of fused-ring (bicyclic) bond motifs is 1. The summed E-state index contributed by atoms with van der Waals surface area (Å²) in [6.45, 7) is 0.0519. The molecular weight excluding hydrogens is 290 g/mol. The predicted molar refractivity (Wildman–Crippen MR) is 87.4 cm³/mol. The normalized spacial score (nSPS) is 15.7. The largest absolute Gasteiger partial charge is 0.394 e. The van der Waals surface area contributed by atoms with E-state index >= 15 is 0 Å². The lowest BCUT2D eigenvalue weighted by Crippen LogP contribution is -2.27. The maximum atomic E-state index is 9.74. The van der Waals surface area contributed by atoms with Gasteiger partial charge in [0.1, 0.15) is 6.33 Å². The van der Waals surface area contributed by atoms with Crippen molar-refractivity contribution in [2.75, 3.05) is 11.9 Å². The number of aliphatic hydroxyl groups excluding tert-OH is 1. The van der Waals surface area contributed by atoms with Crippen LogP contribution < -0.4 is 5.32 Å². The van der Waals surface area contributed by atoms with E-state index in [2.05, 4.69) is 38.8 Å². The third kappa shape index (κ3) is 3.03. The molecule has 1 aromatic carbocycles. The summed E-state index contributed by atoms with van der Waals surface area (Å²) in [7, 11) is 0. The molecule has 0 bridgehead atoms. The maximum absolute atomic E-state index is 9.74. The molecule has 4 rings (SSSR count). The predicted octanol–water partition coefficient (Wildman–Crippen LogP) is 2.02. The van der Waals surface area contributed by atoms with Crippen molar-refractivity contribution in [2.24, 2.45) is 0 Å². The van der Waals surface area contributed by atoms with Crippen LogP contribution in [0.5, 0.6) is 0 Å². The highest BCUT2D eigenvalue weighted by atomic mass is 16.3. The average Bonchev–Trinajstić information content (AvgIpc) is 3.33. The summed E-state index contributed by atoms with van der Waals surface area (Å²) in [6.07, 6.45) is 4.75. The van der Waals surface area contributed by atoms with Gasteiger partial charge in [0.15, 0.2) is 0 Å². The zero-order chi connectivity index (χ0) is 15.6. The second-order valence-electron chi connectivity index (χ2n) is 6.07. The first kappa shape index (κ1) is 14.1. The molecule has 0 amide bonds. The van der Waals surface area contributed by atoms with Crippen molar-refractivity contribution in [2.45, 2.75) is 31.2 Å². The van der Waals surface area contributed by atoms with Crippen LogP contribution in [0.3, 0.4) is 0 Å². The number of aliphatic hydroxyl groups is 1. The summed E-state index contributed by atoms with van der Waals surface area (Å²) < 4.78 is 1.72. The number of anilines is 1. The van der Waals surface area contributed by atoms with Crippen LogP contribution in [0.25, 0.3) is 5.65 Å². The molecule has 0 aliphatic heterocycles. The SMILES string of the molecule is OC[C@H](Cc1ccccc1)Nc1cc(C2CC2)nn2cnnc12. The second kappa shape index (κ2) is 5.96. The van der Waals surface area contributed by atoms with Crippen LogP contribution in [0.1, 0.15) is 30.0 Å². The van der Waals surface area contributed by atoms with Crippen LogP contribution in [-0.4, -0.2) is 37.6 Å². The van der Waals surface area contributed by atoms with Gasteiger partial charge in [-0.05, 0) is 30.9 Å². The Morgan fingerprint density at radius 3 is 2.83 bits per heavy atom. The first-order valence-corrected chi connectivity index (χ1v) is 7.96. The van der Waals surface area contributed by atoms with Crippen LogP contribution in [0, 0.1) is 0 Å². The fourth-order valence-corrected chi connectivity index (χ4v) is 2.81. The minimum atomic E-state index is -0.0765. The Bertz CT molecular complexity index is 797. The Balaban J connectivity index is 1.61. The third-order valence-corrected chi connectivity index (χ3v) is 4.19. The van der Waals surface area contributed by atoms with Crippen molar-refractivity contribution in [3.8, 4) is 0 Å². The Labute approximate surface area is 134 Å². The molecule has 1 saturated carbocycles. The van der Waals surface area contributed by atoms with Gasteiger partial charge in [-0.25, -0.2) is 0 Å². The lowest BCUT2D eigenvalue weighted by Gasteiger charge is -2.18. The van der Waals surface area contributed by atoms with Gasteiger partial charge in [-0.1, -0.05) is 30.3 Å². The van der Waals surface area contributed by atoms with Crippen LogP contribution in [-0.2, 0) is 6.42 Å². The number of nitrogens with one attached hydrogen (secondary N) is 1. The van der Waals surface area contributed by atoms with Gasteiger partial charge >= 0.3 is 0 Å². The Kier molecular flexibility index (Phi) is 3.67. The van der Waals surface area contributed by atoms with Crippen LogP contribution in [0.15, 0.2) is 42.7 Å². The zero-order valence-electron chi connectivity index (χ0n) is 12.8. The first-order chi connectivity index (χ1) is 11.3. The van der Waals surface area contributed by atoms with E-state index in [0.29, 0.717) is 11.6 Å². The summed E-state index contributed by atoms with van der Waals surface area (Å²) in [5.74, 6) is 0.545. The lowest BCUT2D eigenvalue weighted by atomic mass is 10.1. The highest BCUT2D eigenvalue weighted by molar-refractivity contribution is 5.67. The van der Waals surface area contributed by atoms with Crippen LogP contribution in [0.4, 0.5) is 5.69 Å². The minimum absolute atomic E-state index is 0.0519. The number of hydrogen-bond acceptors (Lipinski definition) is 5. The lowest BCUT2D eigenvalue weighted by molar-refractivity contribution is 0.274. The molecule has 23 heavy (non-hydrogen) atoms. The highest BCUT2D eigenvalue weighted by Gasteiger charge is 2.27. The summed E-state index contributed by atoms with van der Waals surface area (Å²) in [5, 5.41) is 25.8. The van der Waals surface area contributed by atoms with E-state index < -0.39 is 0 Å². The summed E-state index contributed by atoms with van der Waals surface area (Å²) in [5.41, 5.74) is 3.83. The molecule has 0 radical (unpaired) electrons. The quantitative estimate of drug-likeness (QED) is 0.728. The fourth-order valence-electron chi connectivity index (χ4n) is 2.81. The van der Waals surface area contributed by atoms with Gasteiger partial charge in [-0.3, -0.25) is 0 Å². The van der Waals surface area contributed by atoms with Crippen molar-refractivity contribution in [1.82, 2.24) is 19.8 Å². The van der Waals surface area contributed by atoms with Crippen molar-refractivity contribution in [1.29, 1.82) is 0 Å². The van der Waals surface area contributed by atoms with Crippen molar-refractivity contribution >= 4 is 11.3 Å². The summed E-state index contributed by atoms with van der Waals surface area (Å²) in [6, 6.07) is 12.1. The number of nitrogens with zero attached hydrogens (tertiary/aromatic N) is 4. The Morgan fingerprint density at radius 2 is 2.09 bits per heavy atom. The molecular formula is C17H19N5O. The van der Waals surface area contributed by atoms with Crippen LogP contribution >= 0.6 is 0 Å². The van der Waals surface area contributed by atoms with Gasteiger partial charge in [0.05, 0.1) is 24.0 Å². The Morgan fingerprint density at radius 1 is 1.26 bits per heavy atom. The molecule has 0 spiro atoms.